The van der Waals surface area contributed by atoms with E-state index in [0.29, 0.717) is 18.7 Å². The Morgan fingerprint density at radius 2 is 2.10 bits per heavy atom. The minimum absolute atomic E-state index is 0.0773. The van der Waals surface area contributed by atoms with E-state index in [9.17, 15) is 5.11 Å². The molecule has 3 atom stereocenters. The molecule has 0 amide bonds. The molecule has 1 fully saturated rings. The van der Waals surface area contributed by atoms with Crippen LogP contribution < -0.4 is 10.2 Å². The third-order valence-corrected chi connectivity index (χ3v) is 3.94. The molecule has 1 aromatic carbocycles. The van der Waals surface area contributed by atoms with Crippen molar-refractivity contribution in [2.75, 3.05) is 31.2 Å². The molecule has 0 radical (unpaired) electrons. The number of hydrogen-bond donors (Lipinski definition) is 2. The van der Waals surface area contributed by atoms with Crippen LogP contribution in [0, 0.1) is 0 Å². The second-order valence-corrected chi connectivity index (χ2v) is 5.51. The predicted octanol–water partition coefficient (Wildman–Crippen LogP) is 1.94. The predicted molar refractivity (Wildman–Crippen MR) is 82.2 cm³/mol. The molecule has 112 valence electrons. The Morgan fingerprint density at radius 1 is 1.40 bits per heavy atom. The molecule has 1 heterocycles. The standard InChI is InChI=1S/C16H26N2O2/c1-4-17-13(3)14-5-7-15(8-6-14)18-9-16(10-19)20-11-12(18)2/h5-8,12-13,16-17,19H,4,9-11H2,1-3H3. The highest BCUT2D eigenvalue weighted by atomic mass is 16.5. The Morgan fingerprint density at radius 3 is 2.70 bits per heavy atom. The quantitative estimate of drug-likeness (QED) is 0.864. The van der Waals surface area contributed by atoms with E-state index in [1.54, 1.807) is 0 Å². The van der Waals surface area contributed by atoms with E-state index in [0.717, 1.165) is 13.1 Å². The van der Waals surface area contributed by atoms with Gasteiger partial charge in [0.2, 0.25) is 0 Å². The summed E-state index contributed by atoms with van der Waals surface area (Å²) in [7, 11) is 0. The molecule has 3 unspecified atom stereocenters. The van der Waals surface area contributed by atoms with Crippen molar-refractivity contribution in [3.8, 4) is 0 Å². The first-order chi connectivity index (χ1) is 9.65. The van der Waals surface area contributed by atoms with Gasteiger partial charge in [-0.15, -0.1) is 0 Å². The lowest BCUT2D eigenvalue weighted by molar-refractivity contribution is -0.0103. The summed E-state index contributed by atoms with van der Waals surface area (Å²) >= 11 is 0. The van der Waals surface area contributed by atoms with Crippen molar-refractivity contribution in [3.63, 3.8) is 0 Å². The molecule has 1 saturated heterocycles. The number of aliphatic hydroxyl groups is 1. The van der Waals surface area contributed by atoms with E-state index in [4.69, 9.17) is 4.74 Å². The average Bonchev–Trinajstić information content (AvgIpc) is 2.48. The lowest BCUT2D eigenvalue weighted by atomic mass is 10.1. The van der Waals surface area contributed by atoms with Gasteiger partial charge in [0.25, 0.3) is 0 Å². The molecule has 1 aromatic rings. The van der Waals surface area contributed by atoms with Gasteiger partial charge in [0.15, 0.2) is 0 Å². The summed E-state index contributed by atoms with van der Waals surface area (Å²) in [6.07, 6.45) is -0.0773. The molecule has 4 heteroatoms. The Bertz CT molecular complexity index is 407. The molecule has 0 spiro atoms. The molecule has 2 N–H and O–H groups in total. The van der Waals surface area contributed by atoms with E-state index in [2.05, 4.69) is 55.3 Å². The number of rotatable bonds is 5. The fourth-order valence-electron chi connectivity index (χ4n) is 2.67. The third kappa shape index (κ3) is 3.51. The zero-order valence-electron chi connectivity index (χ0n) is 12.7. The van der Waals surface area contributed by atoms with Gasteiger partial charge in [-0.3, -0.25) is 0 Å². The van der Waals surface area contributed by atoms with E-state index in [1.807, 2.05) is 0 Å². The Labute approximate surface area is 121 Å². The van der Waals surface area contributed by atoms with E-state index in [1.165, 1.54) is 11.3 Å². The number of morpholine rings is 1. The van der Waals surface area contributed by atoms with Crippen LogP contribution in [0.5, 0.6) is 0 Å². The minimum atomic E-state index is -0.0773. The maximum Gasteiger partial charge on any atom is 0.0981 e. The fraction of sp³-hybridized carbons (Fsp3) is 0.625. The molecule has 0 saturated carbocycles. The van der Waals surface area contributed by atoms with Crippen molar-refractivity contribution in [1.29, 1.82) is 0 Å². The Hall–Kier alpha value is -1.10. The summed E-state index contributed by atoms with van der Waals surface area (Å²) in [5, 5.41) is 12.7. The van der Waals surface area contributed by atoms with Gasteiger partial charge in [0.1, 0.15) is 0 Å². The SMILES string of the molecule is CCNC(C)c1ccc(N2CC(CO)OCC2C)cc1. The monoisotopic (exact) mass is 278 g/mol. The maximum absolute atomic E-state index is 9.26. The highest BCUT2D eigenvalue weighted by molar-refractivity contribution is 5.49. The lowest BCUT2D eigenvalue weighted by Crippen LogP contribution is -2.49. The number of ether oxygens (including phenoxy) is 1. The number of benzene rings is 1. The molecule has 0 bridgehead atoms. The van der Waals surface area contributed by atoms with Crippen molar-refractivity contribution >= 4 is 5.69 Å². The van der Waals surface area contributed by atoms with Crippen molar-refractivity contribution in [2.45, 2.75) is 39.0 Å². The van der Waals surface area contributed by atoms with Gasteiger partial charge in [-0.2, -0.15) is 0 Å². The summed E-state index contributed by atoms with van der Waals surface area (Å²) in [5.74, 6) is 0. The largest absolute Gasteiger partial charge is 0.394 e. The molecule has 1 aliphatic rings. The number of nitrogens with one attached hydrogen (secondary N) is 1. The molecule has 0 aromatic heterocycles. The topological polar surface area (TPSA) is 44.7 Å². The number of hydrogen-bond acceptors (Lipinski definition) is 4. The van der Waals surface area contributed by atoms with Crippen LogP contribution >= 0.6 is 0 Å². The van der Waals surface area contributed by atoms with Crippen LogP contribution in [0.3, 0.4) is 0 Å². The molecule has 2 rings (SSSR count). The van der Waals surface area contributed by atoms with Crippen molar-refractivity contribution in [3.05, 3.63) is 29.8 Å². The average molecular weight is 278 g/mol. The second-order valence-electron chi connectivity index (χ2n) is 5.51. The number of anilines is 1. The summed E-state index contributed by atoms with van der Waals surface area (Å²) < 4.78 is 5.58. The van der Waals surface area contributed by atoms with Crippen LogP contribution in [0.4, 0.5) is 5.69 Å². The normalized spacial score (nSPS) is 24.7. The third-order valence-electron chi connectivity index (χ3n) is 3.94. The highest BCUT2D eigenvalue weighted by Crippen LogP contribution is 2.24. The number of aliphatic hydroxyl groups excluding tert-OH is 1. The van der Waals surface area contributed by atoms with E-state index < -0.39 is 0 Å². The van der Waals surface area contributed by atoms with Gasteiger partial charge in [-0.05, 0) is 38.1 Å². The summed E-state index contributed by atoms with van der Waals surface area (Å²) in [6, 6.07) is 9.41. The Balaban J connectivity index is 2.08. The summed E-state index contributed by atoms with van der Waals surface area (Å²) in [6.45, 7) is 8.93. The van der Waals surface area contributed by atoms with Crippen molar-refractivity contribution in [2.24, 2.45) is 0 Å². The molecular weight excluding hydrogens is 252 g/mol. The first kappa shape index (κ1) is 15.3. The summed E-state index contributed by atoms with van der Waals surface area (Å²) in [5.41, 5.74) is 2.50. The van der Waals surface area contributed by atoms with Gasteiger partial charge < -0.3 is 20.1 Å². The van der Waals surface area contributed by atoms with Crippen LogP contribution in [0.25, 0.3) is 0 Å². The van der Waals surface area contributed by atoms with Crippen LogP contribution in [0.15, 0.2) is 24.3 Å². The van der Waals surface area contributed by atoms with Crippen LogP contribution in [0.2, 0.25) is 0 Å². The van der Waals surface area contributed by atoms with Crippen molar-refractivity contribution < 1.29 is 9.84 Å². The van der Waals surface area contributed by atoms with Crippen LogP contribution in [-0.4, -0.2) is 43.6 Å². The first-order valence-corrected chi connectivity index (χ1v) is 7.48. The minimum Gasteiger partial charge on any atom is -0.394 e. The van der Waals surface area contributed by atoms with E-state index >= 15 is 0 Å². The number of nitrogens with zero attached hydrogens (tertiary/aromatic N) is 1. The van der Waals surface area contributed by atoms with E-state index in [-0.39, 0.29) is 12.7 Å². The van der Waals surface area contributed by atoms with Crippen LogP contribution in [0.1, 0.15) is 32.4 Å². The molecule has 20 heavy (non-hydrogen) atoms. The molecular formula is C16H26N2O2. The lowest BCUT2D eigenvalue weighted by Gasteiger charge is -2.39. The maximum atomic E-state index is 9.26. The molecule has 0 aliphatic carbocycles. The van der Waals surface area contributed by atoms with Crippen molar-refractivity contribution in [1.82, 2.24) is 5.32 Å². The van der Waals surface area contributed by atoms with Gasteiger partial charge in [-0.25, -0.2) is 0 Å². The zero-order valence-corrected chi connectivity index (χ0v) is 12.7. The summed E-state index contributed by atoms with van der Waals surface area (Å²) in [4.78, 5) is 2.31. The molecule has 4 nitrogen and oxygen atoms in total. The first-order valence-electron chi connectivity index (χ1n) is 7.48. The fourth-order valence-corrected chi connectivity index (χ4v) is 2.67. The smallest absolute Gasteiger partial charge is 0.0981 e. The van der Waals surface area contributed by atoms with Gasteiger partial charge >= 0.3 is 0 Å². The second kappa shape index (κ2) is 7.07. The Kier molecular flexibility index (Phi) is 5.40. The zero-order chi connectivity index (χ0) is 14.5. The van der Waals surface area contributed by atoms with Crippen LogP contribution in [-0.2, 0) is 4.74 Å². The highest BCUT2D eigenvalue weighted by Gasteiger charge is 2.25. The van der Waals surface area contributed by atoms with Gasteiger partial charge in [0.05, 0.1) is 19.3 Å². The van der Waals surface area contributed by atoms with Gasteiger partial charge in [0, 0.05) is 24.3 Å². The molecule has 1 aliphatic heterocycles. The van der Waals surface area contributed by atoms with Gasteiger partial charge in [-0.1, -0.05) is 19.1 Å².